The highest BCUT2D eigenvalue weighted by molar-refractivity contribution is 7.12. The Balaban J connectivity index is 1.73. The van der Waals surface area contributed by atoms with E-state index in [2.05, 4.69) is 10.3 Å². The van der Waals surface area contributed by atoms with E-state index in [1.165, 1.54) is 16.8 Å². The number of aromatic nitrogens is 1. The van der Waals surface area contributed by atoms with Gasteiger partial charge in [0, 0.05) is 12.2 Å². The van der Waals surface area contributed by atoms with Gasteiger partial charge < -0.3 is 10.2 Å². The number of carbonyl (C=O) groups is 2. The Labute approximate surface area is 143 Å². The van der Waals surface area contributed by atoms with E-state index in [0.717, 1.165) is 17.7 Å². The van der Waals surface area contributed by atoms with E-state index in [0.29, 0.717) is 17.8 Å². The summed E-state index contributed by atoms with van der Waals surface area (Å²) in [6, 6.07) is 7.27. The molecule has 1 aliphatic rings. The summed E-state index contributed by atoms with van der Waals surface area (Å²) in [5.41, 5.74) is 3.51. The van der Waals surface area contributed by atoms with E-state index in [-0.39, 0.29) is 17.0 Å². The minimum Gasteiger partial charge on any atom is -0.339 e. The molecule has 0 saturated carbocycles. The lowest BCUT2D eigenvalue weighted by Gasteiger charge is -2.32. The first-order valence-corrected chi connectivity index (χ1v) is 8.60. The number of rotatable bonds is 3. The number of aryl methyl sites for hydroxylation is 1. The van der Waals surface area contributed by atoms with Crippen LogP contribution in [0.1, 0.15) is 28.1 Å². The number of benzene rings is 1. The highest BCUT2D eigenvalue weighted by atomic mass is 35.5. The Bertz CT molecular complexity index is 729. The van der Waals surface area contributed by atoms with Crippen molar-refractivity contribution in [2.75, 3.05) is 11.4 Å². The molecule has 1 aromatic heterocycles. The molecule has 5 nitrogen and oxygen atoms in total. The first kappa shape index (κ1) is 16.0. The quantitative estimate of drug-likeness (QED) is 0.926. The van der Waals surface area contributed by atoms with Crippen molar-refractivity contribution in [3.8, 4) is 0 Å². The molecule has 7 heteroatoms. The maximum absolute atomic E-state index is 12.7. The Morgan fingerprint density at radius 3 is 2.78 bits per heavy atom. The van der Waals surface area contributed by atoms with Crippen molar-refractivity contribution in [2.24, 2.45) is 0 Å². The van der Waals surface area contributed by atoms with Crippen LogP contribution >= 0.6 is 22.9 Å². The second kappa shape index (κ2) is 6.68. The Morgan fingerprint density at radius 1 is 1.39 bits per heavy atom. The SMILES string of the molecule is Cc1ccc(N2CCC[C@@H](NC(=O)c3scnc3Cl)C2=O)cc1. The topological polar surface area (TPSA) is 62.3 Å². The molecule has 1 saturated heterocycles. The molecule has 0 aliphatic carbocycles. The molecule has 1 aliphatic heterocycles. The summed E-state index contributed by atoms with van der Waals surface area (Å²) in [6.07, 6.45) is 1.46. The summed E-state index contributed by atoms with van der Waals surface area (Å²) in [4.78, 5) is 30.8. The lowest BCUT2D eigenvalue weighted by molar-refractivity contribution is -0.121. The van der Waals surface area contributed by atoms with Gasteiger partial charge in [-0.25, -0.2) is 4.98 Å². The molecule has 3 rings (SSSR count). The molecule has 2 heterocycles. The first-order chi connectivity index (χ1) is 11.1. The number of hydrogen-bond donors (Lipinski definition) is 1. The molecule has 0 radical (unpaired) electrons. The van der Waals surface area contributed by atoms with E-state index < -0.39 is 6.04 Å². The number of anilines is 1. The number of nitrogens with one attached hydrogen (secondary N) is 1. The standard InChI is InChI=1S/C16H16ClN3O2S/c1-10-4-6-11(7-5-10)20-8-2-3-12(16(20)22)19-15(21)13-14(17)18-9-23-13/h4-7,9,12H,2-3,8H2,1H3,(H,19,21)/t12-/m1/s1. The Kier molecular flexibility index (Phi) is 4.63. The van der Waals surface area contributed by atoms with Crippen LogP contribution in [0.4, 0.5) is 5.69 Å². The molecule has 2 aromatic rings. The van der Waals surface area contributed by atoms with Gasteiger partial charge in [0.2, 0.25) is 5.91 Å². The largest absolute Gasteiger partial charge is 0.339 e. The average Bonchev–Trinajstić information content (AvgIpc) is 2.97. The fraction of sp³-hybridized carbons (Fsp3) is 0.312. The molecule has 1 N–H and O–H groups in total. The molecule has 0 bridgehead atoms. The van der Waals surface area contributed by atoms with Gasteiger partial charge in [-0.1, -0.05) is 29.3 Å². The second-order valence-corrected chi connectivity index (χ2v) is 6.68. The summed E-state index contributed by atoms with van der Waals surface area (Å²) in [6.45, 7) is 2.67. The van der Waals surface area contributed by atoms with Gasteiger partial charge in [0.05, 0.1) is 5.51 Å². The number of nitrogens with zero attached hydrogens (tertiary/aromatic N) is 2. The molecule has 1 fully saturated rings. The monoisotopic (exact) mass is 349 g/mol. The maximum atomic E-state index is 12.7. The summed E-state index contributed by atoms with van der Waals surface area (Å²) in [5.74, 6) is -0.435. The van der Waals surface area contributed by atoms with E-state index in [4.69, 9.17) is 11.6 Å². The molecule has 0 spiro atoms. The number of carbonyl (C=O) groups excluding carboxylic acids is 2. The van der Waals surface area contributed by atoms with Gasteiger partial charge in [-0.3, -0.25) is 9.59 Å². The lowest BCUT2D eigenvalue weighted by atomic mass is 10.0. The van der Waals surface area contributed by atoms with Gasteiger partial charge in [0.15, 0.2) is 5.15 Å². The maximum Gasteiger partial charge on any atom is 0.265 e. The van der Waals surface area contributed by atoms with E-state index in [1.54, 1.807) is 4.90 Å². The predicted molar refractivity (Wildman–Crippen MR) is 91.1 cm³/mol. The van der Waals surface area contributed by atoms with Gasteiger partial charge in [0.1, 0.15) is 10.9 Å². The number of halogens is 1. The Morgan fingerprint density at radius 2 is 2.13 bits per heavy atom. The molecule has 23 heavy (non-hydrogen) atoms. The van der Waals surface area contributed by atoms with Crippen molar-refractivity contribution in [3.05, 3.63) is 45.4 Å². The van der Waals surface area contributed by atoms with Crippen LogP contribution in [0, 0.1) is 6.92 Å². The number of thiazole rings is 1. The zero-order chi connectivity index (χ0) is 16.4. The van der Waals surface area contributed by atoms with E-state index >= 15 is 0 Å². The van der Waals surface area contributed by atoms with Crippen LogP contribution in [-0.2, 0) is 4.79 Å². The molecular formula is C16H16ClN3O2S. The van der Waals surface area contributed by atoms with Crippen molar-refractivity contribution in [3.63, 3.8) is 0 Å². The minimum absolute atomic E-state index is 0.0888. The molecule has 1 atom stereocenters. The van der Waals surface area contributed by atoms with Crippen LogP contribution in [0.3, 0.4) is 0 Å². The molecule has 2 amide bonds. The van der Waals surface area contributed by atoms with Crippen LogP contribution < -0.4 is 10.2 Å². The van der Waals surface area contributed by atoms with Gasteiger partial charge in [-0.15, -0.1) is 11.3 Å². The molecule has 0 unspecified atom stereocenters. The highest BCUT2D eigenvalue weighted by Crippen LogP contribution is 2.23. The first-order valence-electron chi connectivity index (χ1n) is 7.34. The summed E-state index contributed by atoms with van der Waals surface area (Å²) < 4.78 is 0. The fourth-order valence-electron chi connectivity index (χ4n) is 2.59. The summed E-state index contributed by atoms with van der Waals surface area (Å²) in [5, 5.41) is 2.95. The van der Waals surface area contributed by atoms with Crippen LogP contribution in [0.15, 0.2) is 29.8 Å². The number of amides is 2. The second-order valence-electron chi connectivity index (χ2n) is 5.47. The minimum atomic E-state index is -0.532. The zero-order valence-electron chi connectivity index (χ0n) is 12.6. The van der Waals surface area contributed by atoms with Crippen LogP contribution in [-0.4, -0.2) is 29.4 Å². The fourth-order valence-corrected chi connectivity index (χ4v) is 3.50. The average molecular weight is 350 g/mol. The third-order valence-corrected chi connectivity index (χ3v) is 5.04. The van der Waals surface area contributed by atoms with Gasteiger partial charge in [-0.2, -0.15) is 0 Å². The third-order valence-electron chi connectivity index (χ3n) is 3.82. The summed E-state index contributed by atoms with van der Waals surface area (Å²) in [7, 11) is 0. The predicted octanol–water partition coefficient (Wildman–Crippen LogP) is 3.03. The van der Waals surface area contributed by atoms with Crippen molar-refractivity contribution in [1.29, 1.82) is 0 Å². The molecule has 1 aromatic carbocycles. The highest BCUT2D eigenvalue weighted by Gasteiger charge is 2.31. The van der Waals surface area contributed by atoms with Crippen molar-refractivity contribution >= 4 is 40.4 Å². The Hall–Kier alpha value is -1.92. The van der Waals surface area contributed by atoms with Crippen molar-refractivity contribution in [2.45, 2.75) is 25.8 Å². The van der Waals surface area contributed by atoms with Crippen LogP contribution in [0.25, 0.3) is 0 Å². The number of hydrogen-bond acceptors (Lipinski definition) is 4. The molecule has 120 valence electrons. The zero-order valence-corrected chi connectivity index (χ0v) is 14.2. The van der Waals surface area contributed by atoms with Crippen LogP contribution in [0.2, 0.25) is 5.15 Å². The van der Waals surface area contributed by atoms with Crippen molar-refractivity contribution < 1.29 is 9.59 Å². The smallest absolute Gasteiger partial charge is 0.265 e. The van der Waals surface area contributed by atoms with Crippen molar-refractivity contribution in [1.82, 2.24) is 10.3 Å². The molecular weight excluding hydrogens is 334 g/mol. The van der Waals surface area contributed by atoms with Crippen LogP contribution in [0.5, 0.6) is 0 Å². The van der Waals surface area contributed by atoms with E-state index in [9.17, 15) is 9.59 Å². The normalized spacial score (nSPS) is 18.1. The van der Waals surface area contributed by atoms with Gasteiger partial charge in [-0.05, 0) is 31.9 Å². The summed E-state index contributed by atoms with van der Waals surface area (Å²) >= 11 is 7.04. The van der Waals surface area contributed by atoms with E-state index in [1.807, 2.05) is 31.2 Å². The van der Waals surface area contributed by atoms with Gasteiger partial charge in [0.25, 0.3) is 5.91 Å². The lowest BCUT2D eigenvalue weighted by Crippen LogP contribution is -2.52. The number of piperidine rings is 1. The van der Waals surface area contributed by atoms with Gasteiger partial charge >= 0.3 is 0 Å². The third kappa shape index (κ3) is 3.38.